The van der Waals surface area contributed by atoms with Crippen molar-refractivity contribution in [3.05, 3.63) is 189 Å². The summed E-state index contributed by atoms with van der Waals surface area (Å²) in [5.41, 5.74) is 15.7. The van der Waals surface area contributed by atoms with Crippen LogP contribution in [0.2, 0.25) is 0 Å². The van der Waals surface area contributed by atoms with Gasteiger partial charge in [0.1, 0.15) is 5.01 Å². The Labute approximate surface area is 301 Å². The Balaban J connectivity index is 1.24. The van der Waals surface area contributed by atoms with E-state index in [1.54, 1.807) is 11.3 Å². The van der Waals surface area contributed by atoms with E-state index in [4.69, 9.17) is 4.98 Å². The fourth-order valence-electron chi connectivity index (χ4n) is 6.70. The molecule has 9 aromatic rings. The average molecular weight is 670 g/mol. The van der Waals surface area contributed by atoms with Gasteiger partial charge in [-0.2, -0.15) is 0 Å². The van der Waals surface area contributed by atoms with Crippen molar-refractivity contribution in [2.24, 2.45) is 0 Å². The zero-order valence-electron chi connectivity index (χ0n) is 27.6. The van der Waals surface area contributed by atoms with E-state index in [9.17, 15) is 0 Å². The fraction of sp³-hybridized carbons (Fsp3) is 0. The van der Waals surface area contributed by atoms with Gasteiger partial charge in [0.15, 0.2) is 0 Å². The van der Waals surface area contributed by atoms with Crippen LogP contribution in [0.3, 0.4) is 0 Å². The van der Waals surface area contributed by atoms with Crippen molar-refractivity contribution in [1.82, 2.24) is 15.0 Å². The Kier molecular flexibility index (Phi) is 8.05. The van der Waals surface area contributed by atoms with Crippen LogP contribution in [0.15, 0.2) is 189 Å². The highest BCUT2D eigenvalue weighted by molar-refractivity contribution is 7.21. The minimum atomic E-state index is 0.969. The molecule has 0 N–H and O–H groups in total. The first-order chi connectivity index (χ1) is 25.2. The molecule has 6 aromatic carbocycles. The number of benzene rings is 6. The van der Waals surface area contributed by atoms with Crippen LogP contribution in [-0.2, 0) is 0 Å². The Morgan fingerprint density at radius 2 is 0.784 bits per heavy atom. The number of fused-ring (bicyclic) bond motifs is 1. The van der Waals surface area contributed by atoms with Crippen LogP contribution >= 0.6 is 11.3 Å². The lowest BCUT2D eigenvalue weighted by Gasteiger charge is -2.11. The molecular formula is C47H31N3S. The molecule has 0 atom stereocenters. The lowest BCUT2D eigenvalue weighted by molar-refractivity contribution is 1.32. The predicted molar refractivity (Wildman–Crippen MR) is 213 cm³/mol. The molecule has 9 rings (SSSR count). The van der Waals surface area contributed by atoms with E-state index < -0.39 is 0 Å². The molecule has 3 heterocycles. The van der Waals surface area contributed by atoms with Crippen LogP contribution in [0.4, 0.5) is 0 Å². The smallest absolute Gasteiger partial charge is 0.124 e. The lowest BCUT2D eigenvalue weighted by Crippen LogP contribution is -1.88. The normalized spacial score (nSPS) is 11.1. The van der Waals surface area contributed by atoms with Gasteiger partial charge in [-0.1, -0.05) is 109 Å². The third kappa shape index (κ3) is 6.25. The summed E-state index contributed by atoms with van der Waals surface area (Å²) < 4.78 is 1.14. The number of aromatic nitrogens is 3. The molecular weight excluding hydrogens is 639 g/mol. The monoisotopic (exact) mass is 669 g/mol. The predicted octanol–water partition coefficient (Wildman–Crippen LogP) is 12.8. The zero-order chi connectivity index (χ0) is 34.0. The van der Waals surface area contributed by atoms with Gasteiger partial charge in [-0.15, -0.1) is 11.3 Å². The number of hydrogen-bond acceptors (Lipinski definition) is 4. The average Bonchev–Trinajstić information content (AvgIpc) is 3.66. The van der Waals surface area contributed by atoms with E-state index in [0.29, 0.717) is 0 Å². The molecule has 0 fully saturated rings. The standard InChI is InChI=1S/C47H31N3S/c1-3-11-32(12-4-1)34-15-7-17-36(23-34)42-28-44(37-18-8-16-35(24-37)33-13-5-2-6-14-33)46-45(29-42)51-47(50-46)43-26-40(38-19-9-21-48-30-38)25-41(27-43)39-20-10-22-49-31-39/h1-31H. The van der Waals surface area contributed by atoms with Gasteiger partial charge < -0.3 is 0 Å². The third-order valence-electron chi connectivity index (χ3n) is 9.25. The molecule has 0 radical (unpaired) electrons. The number of rotatable bonds is 7. The van der Waals surface area contributed by atoms with Gasteiger partial charge in [-0.05, 0) is 105 Å². The SMILES string of the molecule is c1ccc(-c2cccc(-c3cc(-c4cccc(-c5ccccc5)c4)c4nc(-c5cc(-c6cccnc6)cc(-c6cccnc6)c5)sc4c3)c2)cc1. The van der Waals surface area contributed by atoms with Crippen molar-refractivity contribution < 1.29 is 0 Å². The van der Waals surface area contributed by atoms with E-state index in [1.807, 2.05) is 36.9 Å². The first-order valence-electron chi connectivity index (χ1n) is 17.0. The fourth-order valence-corrected chi connectivity index (χ4v) is 7.72. The molecule has 3 nitrogen and oxygen atoms in total. The van der Waals surface area contributed by atoms with Crippen molar-refractivity contribution in [2.75, 3.05) is 0 Å². The van der Waals surface area contributed by atoms with E-state index in [-0.39, 0.29) is 0 Å². The van der Waals surface area contributed by atoms with E-state index in [0.717, 1.165) is 59.7 Å². The lowest BCUT2D eigenvalue weighted by atomic mass is 9.94. The summed E-state index contributed by atoms with van der Waals surface area (Å²) in [5.74, 6) is 0. The summed E-state index contributed by atoms with van der Waals surface area (Å²) in [4.78, 5) is 14.2. The van der Waals surface area contributed by atoms with E-state index >= 15 is 0 Å². The maximum absolute atomic E-state index is 5.42. The first kappa shape index (κ1) is 30.6. The highest BCUT2D eigenvalue weighted by Gasteiger charge is 2.17. The summed E-state index contributed by atoms with van der Waals surface area (Å²) in [7, 11) is 0. The van der Waals surface area contributed by atoms with Crippen LogP contribution in [0.25, 0.3) is 87.5 Å². The van der Waals surface area contributed by atoms with Crippen molar-refractivity contribution >= 4 is 21.6 Å². The number of thiazole rings is 1. The Hall–Kier alpha value is -6.49. The Morgan fingerprint density at radius 3 is 1.35 bits per heavy atom. The molecule has 0 bridgehead atoms. The molecule has 0 saturated heterocycles. The minimum Gasteiger partial charge on any atom is -0.264 e. The number of pyridine rings is 2. The summed E-state index contributed by atoms with van der Waals surface area (Å²) >= 11 is 1.73. The molecule has 0 aliphatic heterocycles. The van der Waals surface area contributed by atoms with Crippen LogP contribution in [0.1, 0.15) is 0 Å². The van der Waals surface area contributed by atoms with Gasteiger partial charge in [0.2, 0.25) is 0 Å². The van der Waals surface area contributed by atoms with Crippen LogP contribution in [0, 0.1) is 0 Å². The summed E-state index contributed by atoms with van der Waals surface area (Å²) in [6, 6.07) is 58.2. The minimum absolute atomic E-state index is 0.969. The molecule has 51 heavy (non-hydrogen) atoms. The van der Waals surface area contributed by atoms with Crippen LogP contribution < -0.4 is 0 Å². The van der Waals surface area contributed by atoms with Crippen molar-refractivity contribution in [3.8, 4) is 77.3 Å². The molecule has 0 aliphatic rings. The third-order valence-corrected chi connectivity index (χ3v) is 10.3. The molecule has 240 valence electrons. The van der Waals surface area contributed by atoms with Gasteiger partial charge in [-0.3, -0.25) is 9.97 Å². The van der Waals surface area contributed by atoms with Crippen LogP contribution in [-0.4, -0.2) is 15.0 Å². The molecule has 0 aliphatic carbocycles. The molecule has 0 saturated carbocycles. The van der Waals surface area contributed by atoms with E-state index in [1.165, 1.54) is 27.8 Å². The second-order valence-corrected chi connectivity index (χ2v) is 13.6. The van der Waals surface area contributed by atoms with Gasteiger partial charge in [-0.25, -0.2) is 4.98 Å². The summed E-state index contributed by atoms with van der Waals surface area (Å²) in [6.45, 7) is 0. The molecule has 4 heteroatoms. The zero-order valence-corrected chi connectivity index (χ0v) is 28.5. The highest BCUT2D eigenvalue weighted by Crippen LogP contribution is 2.42. The summed E-state index contributed by atoms with van der Waals surface area (Å²) in [6.07, 6.45) is 7.45. The van der Waals surface area contributed by atoms with Crippen LogP contribution in [0.5, 0.6) is 0 Å². The number of hydrogen-bond donors (Lipinski definition) is 0. The maximum Gasteiger partial charge on any atom is 0.124 e. The van der Waals surface area contributed by atoms with Gasteiger partial charge in [0.25, 0.3) is 0 Å². The quantitative estimate of drug-likeness (QED) is 0.169. The molecule has 0 spiro atoms. The Bertz CT molecular complexity index is 2560. The highest BCUT2D eigenvalue weighted by atomic mass is 32.1. The van der Waals surface area contributed by atoms with Crippen molar-refractivity contribution in [2.45, 2.75) is 0 Å². The van der Waals surface area contributed by atoms with Crippen molar-refractivity contribution in [3.63, 3.8) is 0 Å². The van der Waals surface area contributed by atoms with Gasteiger partial charge in [0.05, 0.1) is 10.2 Å². The maximum atomic E-state index is 5.42. The second kappa shape index (κ2) is 13.4. The number of nitrogens with zero attached hydrogens (tertiary/aromatic N) is 3. The van der Waals surface area contributed by atoms with Gasteiger partial charge in [0, 0.05) is 47.0 Å². The first-order valence-corrected chi connectivity index (χ1v) is 17.8. The Morgan fingerprint density at radius 1 is 0.333 bits per heavy atom. The van der Waals surface area contributed by atoms with Crippen molar-refractivity contribution in [1.29, 1.82) is 0 Å². The van der Waals surface area contributed by atoms with Gasteiger partial charge >= 0.3 is 0 Å². The molecule has 0 unspecified atom stereocenters. The second-order valence-electron chi connectivity index (χ2n) is 12.6. The van der Waals surface area contributed by atoms with E-state index in [2.05, 4.69) is 162 Å². The summed E-state index contributed by atoms with van der Waals surface area (Å²) in [5, 5.41) is 0.969. The largest absolute Gasteiger partial charge is 0.264 e. The molecule has 0 amide bonds. The molecule has 3 aromatic heterocycles. The topological polar surface area (TPSA) is 38.7 Å².